The molecule has 2 fully saturated rings. The molecule has 16 heavy (non-hydrogen) atoms. The Kier molecular flexibility index (Phi) is 4.14. The largest absolute Gasteiger partial charge is 0.338 e. The van der Waals surface area contributed by atoms with Gasteiger partial charge in [-0.3, -0.25) is 4.79 Å². The van der Waals surface area contributed by atoms with Crippen molar-refractivity contribution < 1.29 is 4.79 Å². The summed E-state index contributed by atoms with van der Waals surface area (Å²) in [4.78, 5) is 14.2. The molecule has 1 N–H and O–H groups in total. The summed E-state index contributed by atoms with van der Waals surface area (Å²) in [5.74, 6) is 0.328. The molecule has 0 aromatic carbocycles. The van der Waals surface area contributed by atoms with Gasteiger partial charge in [-0.2, -0.15) is 11.8 Å². The quantitative estimate of drug-likeness (QED) is 0.813. The summed E-state index contributed by atoms with van der Waals surface area (Å²) in [5.41, 5.74) is 0. The summed E-state index contributed by atoms with van der Waals surface area (Å²) in [7, 11) is 1.89. The van der Waals surface area contributed by atoms with E-state index in [2.05, 4.69) is 16.5 Å². The van der Waals surface area contributed by atoms with Crippen LogP contribution in [0.1, 0.15) is 32.1 Å². The van der Waals surface area contributed by atoms with Gasteiger partial charge in [-0.05, 0) is 39.0 Å². The van der Waals surface area contributed by atoms with E-state index in [0.717, 1.165) is 18.2 Å². The Morgan fingerprint density at radius 1 is 1.38 bits per heavy atom. The van der Waals surface area contributed by atoms with Gasteiger partial charge in [0.15, 0.2) is 0 Å². The third-order valence-corrected chi connectivity index (χ3v) is 5.06. The van der Waals surface area contributed by atoms with E-state index in [9.17, 15) is 4.79 Å². The average molecular weight is 242 g/mol. The van der Waals surface area contributed by atoms with E-state index < -0.39 is 0 Å². The van der Waals surface area contributed by atoms with E-state index in [1.165, 1.54) is 25.7 Å². The van der Waals surface area contributed by atoms with Gasteiger partial charge in [0, 0.05) is 17.8 Å². The van der Waals surface area contributed by atoms with E-state index >= 15 is 0 Å². The third kappa shape index (κ3) is 2.38. The normalized spacial score (nSPS) is 35.8. The number of hydrogen-bond acceptors (Lipinski definition) is 3. The van der Waals surface area contributed by atoms with E-state index in [4.69, 9.17) is 0 Å². The molecule has 1 saturated carbocycles. The number of nitrogens with zero attached hydrogens (tertiary/aromatic N) is 1. The zero-order chi connectivity index (χ0) is 11.5. The molecule has 1 amide bonds. The molecule has 1 heterocycles. The molecule has 1 saturated heterocycles. The second-order valence-electron chi connectivity index (χ2n) is 4.84. The van der Waals surface area contributed by atoms with Gasteiger partial charge in [-0.1, -0.05) is 6.42 Å². The van der Waals surface area contributed by atoms with Crippen LogP contribution in [0.3, 0.4) is 0 Å². The van der Waals surface area contributed by atoms with Gasteiger partial charge in [0.05, 0.1) is 6.04 Å². The van der Waals surface area contributed by atoms with Gasteiger partial charge in [-0.15, -0.1) is 0 Å². The maximum absolute atomic E-state index is 12.1. The number of likely N-dealkylation sites (tertiary alicyclic amines) is 1. The van der Waals surface area contributed by atoms with Crippen LogP contribution in [0.5, 0.6) is 0 Å². The summed E-state index contributed by atoms with van der Waals surface area (Å²) >= 11 is 1.96. The lowest BCUT2D eigenvalue weighted by Crippen LogP contribution is -2.44. The molecule has 92 valence electrons. The number of hydrogen-bond donors (Lipinski definition) is 1. The van der Waals surface area contributed by atoms with Crippen molar-refractivity contribution in [2.75, 3.05) is 19.8 Å². The number of carbonyl (C=O) groups excluding carboxylic acids is 1. The van der Waals surface area contributed by atoms with E-state index in [0.29, 0.717) is 11.9 Å². The van der Waals surface area contributed by atoms with Crippen molar-refractivity contribution in [1.82, 2.24) is 10.2 Å². The zero-order valence-electron chi connectivity index (χ0n) is 10.2. The Morgan fingerprint density at radius 2 is 2.19 bits per heavy atom. The highest BCUT2D eigenvalue weighted by molar-refractivity contribution is 7.99. The molecule has 3 nitrogen and oxygen atoms in total. The van der Waals surface area contributed by atoms with Gasteiger partial charge in [0.1, 0.15) is 0 Å². The first-order valence-corrected chi connectivity index (χ1v) is 7.55. The number of amides is 1. The monoisotopic (exact) mass is 242 g/mol. The Morgan fingerprint density at radius 3 is 2.81 bits per heavy atom. The second-order valence-corrected chi connectivity index (χ2v) is 5.98. The predicted octanol–water partition coefficient (Wildman–Crippen LogP) is 1.48. The van der Waals surface area contributed by atoms with Crippen LogP contribution in [0.15, 0.2) is 0 Å². The van der Waals surface area contributed by atoms with Crippen molar-refractivity contribution in [2.24, 2.45) is 0 Å². The molecular formula is C12H22N2OS. The van der Waals surface area contributed by atoms with Crippen LogP contribution in [-0.4, -0.2) is 48.0 Å². The summed E-state index contributed by atoms with van der Waals surface area (Å²) in [6, 6.07) is 0.590. The minimum Gasteiger partial charge on any atom is -0.338 e. The summed E-state index contributed by atoms with van der Waals surface area (Å²) in [6.45, 7) is 0.954. The lowest BCUT2D eigenvalue weighted by molar-refractivity contribution is -0.131. The van der Waals surface area contributed by atoms with Gasteiger partial charge in [-0.25, -0.2) is 0 Å². The first-order chi connectivity index (χ1) is 7.76. The smallest absolute Gasteiger partial charge is 0.240 e. The minimum absolute atomic E-state index is 0.0784. The molecule has 3 unspecified atom stereocenters. The van der Waals surface area contributed by atoms with Crippen LogP contribution in [0.25, 0.3) is 0 Å². The highest BCUT2D eigenvalue weighted by atomic mass is 32.2. The topological polar surface area (TPSA) is 32.3 Å². The predicted molar refractivity (Wildman–Crippen MR) is 68.7 cm³/mol. The van der Waals surface area contributed by atoms with Crippen molar-refractivity contribution in [1.29, 1.82) is 0 Å². The highest BCUT2D eigenvalue weighted by Crippen LogP contribution is 2.31. The van der Waals surface area contributed by atoms with E-state index in [-0.39, 0.29) is 6.04 Å². The molecule has 0 aromatic heterocycles. The Balaban J connectivity index is 1.95. The van der Waals surface area contributed by atoms with Crippen LogP contribution in [0.4, 0.5) is 0 Å². The molecule has 0 aromatic rings. The Hall–Kier alpha value is -0.220. The summed E-state index contributed by atoms with van der Waals surface area (Å²) < 4.78 is 0. The van der Waals surface area contributed by atoms with Crippen molar-refractivity contribution >= 4 is 17.7 Å². The minimum atomic E-state index is 0.0784. The Labute approximate surface area is 102 Å². The molecule has 1 aliphatic heterocycles. The molecule has 0 bridgehead atoms. The molecule has 3 atom stereocenters. The molecule has 4 heteroatoms. The average Bonchev–Trinajstić information content (AvgIpc) is 2.70. The first-order valence-electron chi connectivity index (χ1n) is 6.26. The van der Waals surface area contributed by atoms with Crippen molar-refractivity contribution in [3.63, 3.8) is 0 Å². The van der Waals surface area contributed by atoms with E-state index in [1.54, 1.807) is 0 Å². The van der Waals surface area contributed by atoms with Crippen molar-refractivity contribution in [2.45, 2.75) is 49.4 Å². The van der Waals surface area contributed by atoms with Gasteiger partial charge < -0.3 is 10.2 Å². The Bertz CT molecular complexity index is 259. The maximum atomic E-state index is 12.1. The van der Waals surface area contributed by atoms with Gasteiger partial charge in [0.25, 0.3) is 0 Å². The zero-order valence-corrected chi connectivity index (χ0v) is 11.1. The molecule has 0 spiro atoms. The number of thioether (sulfide) groups is 1. The number of rotatable bonds is 3. The standard InChI is InChI=1S/C12H22N2OS/c1-13-11-6-7-14(12(11)15)9-4-3-5-10(8-9)16-2/h9-11,13H,3-8H2,1-2H3. The van der Waals surface area contributed by atoms with Gasteiger partial charge in [0.2, 0.25) is 5.91 Å². The lowest BCUT2D eigenvalue weighted by atomic mass is 9.94. The second kappa shape index (κ2) is 5.41. The SMILES string of the molecule is CNC1CCN(C2CCCC(SC)C2)C1=O. The van der Waals surface area contributed by atoms with Crippen LogP contribution in [0, 0.1) is 0 Å². The van der Waals surface area contributed by atoms with Crippen LogP contribution in [-0.2, 0) is 4.79 Å². The van der Waals surface area contributed by atoms with Gasteiger partial charge >= 0.3 is 0 Å². The molecule has 0 radical (unpaired) electrons. The van der Waals surface area contributed by atoms with Crippen molar-refractivity contribution in [3.05, 3.63) is 0 Å². The fourth-order valence-electron chi connectivity index (χ4n) is 2.95. The van der Waals surface area contributed by atoms with Crippen LogP contribution >= 0.6 is 11.8 Å². The first kappa shape index (κ1) is 12.2. The third-order valence-electron chi connectivity index (χ3n) is 3.96. The van der Waals surface area contributed by atoms with E-state index in [1.807, 2.05) is 18.8 Å². The number of carbonyl (C=O) groups is 1. The lowest BCUT2D eigenvalue weighted by Gasteiger charge is -2.34. The number of likely N-dealkylation sites (N-methyl/N-ethyl adjacent to an activating group) is 1. The fourth-order valence-corrected chi connectivity index (χ4v) is 3.77. The summed E-state index contributed by atoms with van der Waals surface area (Å²) in [5, 5.41) is 3.88. The molecule has 2 rings (SSSR count). The summed E-state index contributed by atoms with van der Waals surface area (Å²) in [6.07, 6.45) is 8.19. The molecule has 2 aliphatic rings. The van der Waals surface area contributed by atoms with Crippen molar-refractivity contribution in [3.8, 4) is 0 Å². The number of nitrogens with one attached hydrogen (secondary N) is 1. The molecular weight excluding hydrogens is 220 g/mol. The van der Waals surface area contributed by atoms with Crippen LogP contribution < -0.4 is 5.32 Å². The molecule has 1 aliphatic carbocycles. The fraction of sp³-hybridized carbons (Fsp3) is 0.917. The maximum Gasteiger partial charge on any atom is 0.240 e. The highest BCUT2D eigenvalue weighted by Gasteiger charge is 2.36. The van der Waals surface area contributed by atoms with Crippen LogP contribution in [0.2, 0.25) is 0 Å².